The molecule has 0 saturated carbocycles. The molecule has 0 fully saturated rings. The van der Waals surface area contributed by atoms with Gasteiger partial charge in [0.25, 0.3) is 0 Å². The summed E-state index contributed by atoms with van der Waals surface area (Å²) in [5.41, 5.74) is 3.42. The second kappa shape index (κ2) is 4.98. The van der Waals surface area contributed by atoms with E-state index in [0.29, 0.717) is 0 Å². The van der Waals surface area contributed by atoms with Gasteiger partial charge in [0, 0.05) is 43.3 Å². The second-order valence-corrected chi connectivity index (χ2v) is 4.17. The van der Waals surface area contributed by atoms with Crippen molar-refractivity contribution in [1.82, 2.24) is 20.3 Å². The highest BCUT2D eigenvalue weighted by Gasteiger charge is 2.02. The van der Waals surface area contributed by atoms with Crippen LogP contribution in [0.2, 0.25) is 0 Å². The highest BCUT2D eigenvalue weighted by atomic mass is 14.9. The molecule has 0 radical (unpaired) electrons. The van der Waals surface area contributed by atoms with E-state index in [-0.39, 0.29) is 0 Å². The van der Waals surface area contributed by atoms with Crippen LogP contribution < -0.4 is 5.32 Å². The summed E-state index contributed by atoms with van der Waals surface area (Å²) in [7, 11) is 0. The lowest BCUT2D eigenvalue weighted by Gasteiger charge is -2.03. The third-order valence-electron chi connectivity index (χ3n) is 2.93. The molecule has 3 aromatic heterocycles. The van der Waals surface area contributed by atoms with Gasteiger partial charge in [0.05, 0.1) is 0 Å². The molecular formula is C14H14N4. The third-order valence-corrected chi connectivity index (χ3v) is 2.93. The van der Waals surface area contributed by atoms with Crippen molar-refractivity contribution in [3.8, 4) is 0 Å². The number of aromatic nitrogens is 3. The zero-order valence-corrected chi connectivity index (χ0v) is 9.93. The first kappa shape index (κ1) is 10.9. The van der Waals surface area contributed by atoms with Gasteiger partial charge in [-0.05, 0) is 35.4 Å². The van der Waals surface area contributed by atoms with Gasteiger partial charge in [0.2, 0.25) is 0 Å². The van der Waals surface area contributed by atoms with Gasteiger partial charge in [-0.1, -0.05) is 0 Å². The Hall–Kier alpha value is -2.20. The van der Waals surface area contributed by atoms with E-state index in [1.807, 2.05) is 36.8 Å². The van der Waals surface area contributed by atoms with Gasteiger partial charge in [-0.25, -0.2) is 4.98 Å². The Kier molecular flexibility index (Phi) is 3.02. The lowest BCUT2D eigenvalue weighted by molar-refractivity contribution is 0.696. The molecule has 0 saturated heterocycles. The number of nitrogens with one attached hydrogen (secondary N) is 2. The van der Waals surface area contributed by atoms with Gasteiger partial charge in [-0.2, -0.15) is 0 Å². The van der Waals surface area contributed by atoms with Gasteiger partial charge < -0.3 is 10.3 Å². The summed E-state index contributed by atoms with van der Waals surface area (Å²) in [6, 6.07) is 8.08. The smallest absolute Gasteiger partial charge is 0.137 e. The normalized spacial score (nSPS) is 10.9. The molecule has 18 heavy (non-hydrogen) atoms. The predicted molar refractivity (Wildman–Crippen MR) is 70.9 cm³/mol. The first-order valence-electron chi connectivity index (χ1n) is 5.94. The first-order chi connectivity index (χ1) is 8.93. The van der Waals surface area contributed by atoms with Crippen molar-refractivity contribution < 1.29 is 0 Å². The first-order valence-corrected chi connectivity index (χ1v) is 5.94. The lowest BCUT2D eigenvalue weighted by Crippen LogP contribution is -2.12. The van der Waals surface area contributed by atoms with Gasteiger partial charge in [0.1, 0.15) is 5.65 Å². The molecule has 90 valence electrons. The molecule has 0 atom stereocenters. The molecule has 0 spiro atoms. The highest BCUT2D eigenvalue weighted by Crippen LogP contribution is 2.15. The number of hydrogen-bond donors (Lipinski definition) is 2. The zero-order valence-electron chi connectivity index (χ0n) is 9.93. The zero-order chi connectivity index (χ0) is 12.2. The van der Waals surface area contributed by atoms with Crippen LogP contribution in [-0.4, -0.2) is 15.0 Å². The van der Waals surface area contributed by atoms with E-state index >= 15 is 0 Å². The monoisotopic (exact) mass is 238 g/mol. The van der Waals surface area contributed by atoms with E-state index in [1.54, 1.807) is 6.20 Å². The quantitative estimate of drug-likeness (QED) is 0.733. The van der Waals surface area contributed by atoms with Crippen LogP contribution in [0.25, 0.3) is 11.0 Å². The molecule has 0 aliphatic rings. The maximum Gasteiger partial charge on any atom is 0.137 e. The van der Waals surface area contributed by atoms with Crippen molar-refractivity contribution >= 4 is 11.0 Å². The van der Waals surface area contributed by atoms with E-state index in [4.69, 9.17) is 0 Å². The van der Waals surface area contributed by atoms with E-state index < -0.39 is 0 Å². The van der Waals surface area contributed by atoms with Crippen LogP contribution in [0.5, 0.6) is 0 Å². The summed E-state index contributed by atoms with van der Waals surface area (Å²) in [4.78, 5) is 11.5. The number of fused-ring (bicyclic) bond motifs is 1. The molecule has 0 amide bonds. The Morgan fingerprint density at radius 1 is 1.06 bits per heavy atom. The van der Waals surface area contributed by atoms with Crippen LogP contribution >= 0.6 is 0 Å². The van der Waals surface area contributed by atoms with Crippen LogP contribution in [0, 0.1) is 0 Å². The Labute approximate surface area is 105 Å². The molecule has 3 heterocycles. The summed E-state index contributed by atoms with van der Waals surface area (Å²) >= 11 is 0. The maximum absolute atomic E-state index is 4.28. The average molecular weight is 238 g/mol. The van der Waals surface area contributed by atoms with Crippen LogP contribution in [0.3, 0.4) is 0 Å². The largest absolute Gasteiger partial charge is 0.346 e. The topological polar surface area (TPSA) is 53.6 Å². The summed E-state index contributed by atoms with van der Waals surface area (Å²) in [6.45, 7) is 1.67. The number of nitrogens with zero attached hydrogens (tertiary/aromatic N) is 2. The van der Waals surface area contributed by atoms with Crippen LogP contribution in [0.1, 0.15) is 11.1 Å². The molecule has 0 aromatic carbocycles. The molecule has 3 rings (SSSR count). The molecule has 2 N–H and O–H groups in total. The molecule has 0 bridgehead atoms. The van der Waals surface area contributed by atoms with Gasteiger partial charge in [0.15, 0.2) is 0 Å². The SMILES string of the molecule is c1cnc2[nH]cc(CNCc3ccncc3)c2c1. The Bertz CT molecular complexity index is 630. The Morgan fingerprint density at radius 3 is 2.83 bits per heavy atom. The standard InChI is InChI=1S/C14H14N4/c1-2-13-12(10-18-14(13)17-5-1)9-16-8-11-3-6-15-7-4-11/h1-7,10,16H,8-9H2,(H,17,18). The third kappa shape index (κ3) is 2.24. The fourth-order valence-electron chi connectivity index (χ4n) is 2.00. The number of hydrogen-bond acceptors (Lipinski definition) is 3. The maximum atomic E-state index is 4.28. The highest BCUT2D eigenvalue weighted by molar-refractivity contribution is 5.79. The Morgan fingerprint density at radius 2 is 1.94 bits per heavy atom. The van der Waals surface area contributed by atoms with Crippen molar-refractivity contribution in [3.63, 3.8) is 0 Å². The van der Waals surface area contributed by atoms with Crippen LogP contribution in [0.4, 0.5) is 0 Å². The molecule has 3 aromatic rings. The van der Waals surface area contributed by atoms with Crippen LogP contribution in [0.15, 0.2) is 49.1 Å². The Balaban J connectivity index is 1.67. The van der Waals surface area contributed by atoms with Crippen molar-refractivity contribution in [1.29, 1.82) is 0 Å². The molecule has 0 aliphatic carbocycles. The predicted octanol–water partition coefficient (Wildman–Crippen LogP) is 2.25. The van der Waals surface area contributed by atoms with Gasteiger partial charge in [-0.15, -0.1) is 0 Å². The molecule has 0 aliphatic heterocycles. The second-order valence-electron chi connectivity index (χ2n) is 4.17. The van der Waals surface area contributed by atoms with Crippen molar-refractivity contribution in [2.24, 2.45) is 0 Å². The molecule has 4 nitrogen and oxygen atoms in total. The van der Waals surface area contributed by atoms with Crippen LogP contribution in [-0.2, 0) is 13.1 Å². The summed E-state index contributed by atoms with van der Waals surface area (Å²) in [6.07, 6.45) is 7.43. The minimum Gasteiger partial charge on any atom is -0.346 e. The van der Waals surface area contributed by atoms with E-state index in [2.05, 4.69) is 26.3 Å². The number of rotatable bonds is 4. The minimum atomic E-state index is 0.827. The molecule has 0 unspecified atom stereocenters. The minimum absolute atomic E-state index is 0.827. The van der Waals surface area contributed by atoms with Gasteiger partial charge >= 0.3 is 0 Å². The number of H-pyrrole nitrogens is 1. The summed E-state index contributed by atoms with van der Waals surface area (Å²) < 4.78 is 0. The fraction of sp³-hybridized carbons (Fsp3) is 0.143. The van der Waals surface area contributed by atoms with E-state index in [1.165, 1.54) is 16.5 Å². The van der Waals surface area contributed by atoms with Crippen molar-refractivity contribution in [2.45, 2.75) is 13.1 Å². The molecule has 4 heteroatoms. The van der Waals surface area contributed by atoms with E-state index in [9.17, 15) is 0 Å². The number of pyridine rings is 2. The number of aromatic amines is 1. The fourth-order valence-corrected chi connectivity index (χ4v) is 2.00. The lowest BCUT2D eigenvalue weighted by atomic mass is 10.2. The van der Waals surface area contributed by atoms with E-state index in [0.717, 1.165) is 18.7 Å². The molecular weight excluding hydrogens is 224 g/mol. The van der Waals surface area contributed by atoms with Crippen molar-refractivity contribution in [3.05, 3.63) is 60.2 Å². The summed E-state index contributed by atoms with van der Waals surface area (Å²) in [5.74, 6) is 0. The van der Waals surface area contributed by atoms with Gasteiger partial charge in [-0.3, -0.25) is 4.98 Å². The summed E-state index contributed by atoms with van der Waals surface area (Å²) in [5, 5.41) is 4.60. The van der Waals surface area contributed by atoms with Crippen molar-refractivity contribution in [2.75, 3.05) is 0 Å². The average Bonchev–Trinajstić information content (AvgIpc) is 2.84.